The molecule has 0 saturated carbocycles. The number of carbonyl (C=O) groups excluding carboxylic acids is 2. The van der Waals surface area contributed by atoms with Crippen LogP contribution in [0.25, 0.3) is 0 Å². The largest absolute Gasteiger partial charge is 0.446 e. The lowest BCUT2D eigenvalue weighted by Gasteiger charge is -2.19. The minimum atomic E-state index is -4.74. The number of ether oxygens (including phenoxy) is 1. The fraction of sp³-hybridized carbons (Fsp3) is 0.174. The maximum absolute atomic E-state index is 13.0. The summed E-state index contributed by atoms with van der Waals surface area (Å²) in [6.45, 7) is 0.729. The Morgan fingerprint density at radius 1 is 1.11 bits per heavy atom. The molecule has 3 rings (SSSR count). The molecule has 35 heavy (non-hydrogen) atoms. The summed E-state index contributed by atoms with van der Waals surface area (Å²) in [5.41, 5.74) is -1.78. The first kappa shape index (κ1) is 25.1. The Hall–Kier alpha value is -4.48. The van der Waals surface area contributed by atoms with Gasteiger partial charge < -0.3 is 14.6 Å². The lowest BCUT2D eigenvalue weighted by atomic mass is 10.1. The van der Waals surface area contributed by atoms with Crippen LogP contribution >= 0.6 is 0 Å². The van der Waals surface area contributed by atoms with Gasteiger partial charge >= 0.3 is 12.1 Å². The Bertz CT molecular complexity index is 1320. The summed E-state index contributed by atoms with van der Waals surface area (Å²) >= 11 is 0. The van der Waals surface area contributed by atoms with E-state index in [0.29, 0.717) is 28.5 Å². The monoisotopic (exact) mass is 489 g/mol. The number of esters is 1. The van der Waals surface area contributed by atoms with E-state index in [0.717, 1.165) is 0 Å². The SMILES string of the molecule is Cc1ccc(NC(=O)C(OC(=O)Cn2cc(C(F)(F)F)ccc2=O)c2ccccc2)c([N+](=O)[O-])c1. The molecule has 182 valence electrons. The number of aryl methyl sites for hydroxylation is 1. The fourth-order valence-corrected chi connectivity index (χ4v) is 3.13. The van der Waals surface area contributed by atoms with E-state index in [4.69, 9.17) is 4.74 Å². The molecule has 0 saturated heterocycles. The maximum atomic E-state index is 13.0. The zero-order valence-corrected chi connectivity index (χ0v) is 18.1. The molecule has 0 radical (unpaired) electrons. The van der Waals surface area contributed by atoms with Gasteiger partial charge in [0.15, 0.2) is 0 Å². The minimum absolute atomic E-state index is 0.142. The summed E-state index contributed by atoms with van der Waals surface area (Å²) in [6.07, 6.45) is -5.88. The number of nitrogens with zero attached hydrogens (tertiary/aromatic N) is 2. The molecule has 0 aliphatic rings. The second-order valence-electron chi connectivity index (χ2n) is 7.43. The maximum Gasteiger partial charge on any atom is 0.417 e. The normalized spacial score (nSPS) is 12.0. The summed E-state index contributed by atoms with van der Waals surface area (Å²) in [7, 11) is 0. The van der Waals surface area contributed by atoms with Crippen molar-refractivity contribution in [2.24, 2.45) is 0 Å². The Morgan fingerprint density at radius 3 is 2.43 bits per heavy atom. The highest BCUT2D eigenvalue weighted by Crippen LogP contribution is 2.29. The molecule has 0 aliphatic carbocycles. The predicted octanol–water partition coefficient (Wildman–Crippen LogP) is 4.01. The Balaban J connectivity index is 1.87. The van der Waals surface area contributed by atoms with Crippen molar-refractivity contribution in [3.05, 3.63) is 104 Å². The number of halogens is 3. The van der Waals surface area contributed by atoms with Crippen LogP contribution in [0.15, 0.2) is 71.7 Å². The second-order valence-corrected chi connectivity index (χ2v) is 7.43. The third-order valence-corrected chi connectivity index (χ3v) is 4.81. The third kappa shape index (κ3) is 6.31. The van der Waals surface area contributed by atoms with Gasteiger partial charge in [0.25, 0.3) is 17.2 Å². The van der Waals surface area contributed by atoms with E-state index in [1.165, 1.54) is 30.3 Å². The van der Waals surface area contributed by atoms with Crippen LogP contribution in [0.1, 0.15) is 22.8 Å². The van der Waals surface area contributed by atoms with E-state index >= 15 is 0 Å². The lowest BCUT2D eigenvalue weighted by molar-refractivity contribution is -0.384. The summed E-state index contributed by atoms with van der Waals surface area (Å²) in [5, 5.41) is 13.7. The molecule has 0 bridgehead atoms. The van der Waals surface area contributed by atoms with Crippen LogP contribution in [0, 0.1) is 17.0 Å². The van der Waals surface area contributed by atoms with E-state index < -0.39 is 46.7 Å². The molecule has 0 spiro atoms. The Kier molecular flexibility index (Phi) is 7.33. The molecule has 1 amide bonds. The number of hydrogen-bond acceptors (Lipinski definition) is 6. The molecule has 1 heterocycles. The molecule has 1 N–H and O–H groups in total. The molecule has 3 aromatic rings. The van der Waals surface area contributed by atoms with E-state index in [1.807, 2.05) is 0 Å². The Labute approximate surface area is 195 Å². The first-order valence-corrected chi connectivity index (χ1v) is 10.0. The van der Waals surface area contributed by atoms with Gasteiger partial charge in [0, 0.05) is 23.9 Å². The second kappa shape index (κ2) is 10.2. The van der Waals surface area contributed by atoms with Crippen molar-refractivity contribution < 1.29 is 32.4 Å². The third-order valence-electron chi connectivity index (χ3n) is 4.81. The summed E-state index contributed by atoms with van der Waals surface area (Å²) in [5.74, 6) is -2.11. The van der Waals surface area contributed by atoms with Crippen LogP contribution in [0.5, 0.6) is 0 Å². The number of hydrogen-bond donors (Lipinski definition) is 1. The molecule has 1 atom stereocenters. The topological polar surface area (TPSA) is 121 Å². The molecule has 1 aromatic heterocycles. The number of aromatic nitrogens is 1. The van der Waals surface area contributed by atoms with Crippen LogP contribution in [0.3, 0.4) is 0 Å². The molecular weight excluding hydrogens is 471 g/mol. The van der Waals surface area contributed by atoms with E-state index in [9.17, 15) is 37.7 Å². The van der Waals surface area contributed by atoms with Gasteiger partial charge in [0.05, 0.1) is 10.5 Å². The highest BCUT2D eigenvalue weighted by molar-refractivity contribution is 5.97. The van der Waals surface area contributed by atoms with Gasteiger partial charge in [-0.05, 0) is 24.6 Å². The molecule has 0 aliphatic heterocycles. The standard InChI is InChI=1S/C23H18F3N3O6/c1-14-7-9-17(18(11-14)29(33)34)27-22(32)21(15-5-3-2-4-6-15)35-20(31)13-28-12-16(23(24,25)26)8-10-19(28)30/h2-12,21H,13H2,1H3,(H,27,32). The van der Waals surface area contributed by atoms with E-state index in [1.54, 1.807) is 25.1 Å². The van der Waals surface area contributed by atoms with Gasteiger partial charge in [0.2, 0.25) is 6.10 Å². The molecule has 9 nitrogen and oxygen atoms in total. The zero-order valence-electron chi connectivity index (χ0n) is 18.1. The summed E-state index contributed by atoms with van der Waals surface area (Å²) < 4.78 is 44.6. The van der Waals surface area contributed by atoms with Crippen molar-refractivity contribution in [1.82, 2.24) is 4.57 Å². The number of nitro benzene ring substituents is 1. The van der Waals surface area contributed by atoms with Gasteiger partial charge in [-0.3, -0.25) is 24.5 Å². The minimum Gasteiger partial charge on any atom is -0.446 e. The van der Waals surface area contributed by atoms with Crippen molar-refractivity contribution in [3.63, 3.8) is 0 Å². The first-order chi connectivity index (χ1) is 16.5. The number of nitrogens with one attached hydrogen (secondary N) is 1. The highest BCUT2D eigenvalue weighted by atomic mass is 19.4. The molecule has 2 aromatic carbocycles. The summed E-state index contributed by atoms with van der Waals surface area (Å²) in [6, 6.07) is 13.0. The van der Waals surface area contributed by atoms with Gasteiger partial charge in [-0.1, -0.05) is 36.4 Å². The number of amides is 1. The number of carbonyl (C=O) groups is 2. The van der Waals surface area contributed by atoms with Crippen molar-refractivity contribution >= 4 is 23.3 Å². The lowest BCUT2D eigenvalue weighted by Crippen LogP contribution is -2.30. The number of nitro groups is 1. The van der Waals surface area contributed by atoms with Gasteiger partial charge in [-0.25, -0.2) is 0 Å². The van der Waals surface area contributed by atoms with Crippen LogP contribution in [-0.2, 0) is 27.0 Å². The molecule has 12 heteroatoms. The van der Waals surface area contributed by atoms with Gasteiger partial charge in [-0.15, -0.1) is 0 Å². The molecule has 0 fully saturated rings. The van der Waals surface area contributed by atoms with Crippen molar-refractivity contribution in [2.75, 3.05) is 5.32 Å². The van der Waals surface area contributed by atoms with Crippen LogP contribution in [0.4, 0.5) is 24.5 Å². The van der Waals surface area contributed by atoms with Gasteiger partial charge in [0.1, 0.15) is 12.2 Å². The number of rotatable bonds is 7. The smallest absolute Gasteiger partial charge is 0.417 e. The molecule has 1 unspecified atom stereocenters. The number of anilines is 1. The highest BCUT2D eigenvalue weighted by Gasteiger charge is 2.32. The average molecular weight is 489 g/mol. The summed E-state index contributed by atoms with van der Waals surface area (Å²) in [4.78, 5) is 48.1. The van der Waals surface area contributed by atoms with Crippen molar-refractivity contribution in [3.8, 4) is 0 Å². The van der Waals surface area contributed by atoms with Crippen LogP contribution in [0.2, 0.25) is 0 Å². The van der Waals surface area contributed by atoms with E-state index in [-0.39, 0.29) is 16.9 Å². The quantitative estimate of drug-likeness (QED) is 0.304. The predicted molar refractivity (Wildman–Crippen MR) is 117 cm³/mol. The fourth-order valence-electron chi connectivity index (χ4n) is 3.13. The number of benzene rings is 2. The van der Waals surface area contributed by atoms with Gasteiger partial charge in [-0.2, -0.15) is 13.2 Å². The van der Waals surface area contributed by atoms with Crippen LogP contribution in [-0.4, -0.2) is 21.4 Å². The zero-order chi connectivity index (χ0) is 25.8. The van der Waals surface area contributed by atoms with E-state index in [2.05, 4.69) is 5.32 Å². The first-order valence-electron chi connectivity index (χ1n) is 10.0. The van der Waals surface area contributed by atoms with Crippen LogP contribution < -0.4 is 10.9 Å². The van der Waals surface area contributed by atoms with Crippen molar-refractivity contribution in [1.29, 1.82) is 0 Å². The number of alkyl halides is 3. The Morgan fingerprint density at radius 2 is 1.80 bits per heavy atom. The average Bonchev–Trinajstić information content (AvgIpc) is 2.79. The number of pyridine rings is 1. The molecular formula is C23H18F3N3O6. The van der Waals surface area contributed by atoms with Crippen molar-refractivity contribution in [2.45, 2.75) is 25.7 Å².